The molecule has 1 saturated heterocycles. The lowest BCUT2D eigenvalue weighted by atomic mass is 10.1. The number of rotatable bonds is 3. The Morgan fingerprint density at radius 3 is 2.40 bits per heavy atom. The van der Waals surface area contributed by atoms with Gasteiger partial charge in [0.1, 0.15) is 16.5 Å². The van der Waals surface area contributed by atoms with Crippen LogP contribution in [0.2, 0.25) is 0 Å². The summed E-state index contributed by atoms with van der Waals surface area (Å²) in [5.74, 6) is -0.445. The lowest BCUT2D eigenvalue weighted by Crippen LogP contribution is -2.51. The number of carbonyl (C=O) groups excluding carboxylic acids is 2. The van der Waals surface area contributed by atoms with Crippen molar-refractivity contribution in [2.24, 2.45) is 5.92 Å². The first-order valence-electron chi connectivity index (χ1n) is 8.26. The molecule has 0 saturated carbocycles. The molecule has 1 aromatic carbocycles. The van der Waals surface area contributed by atoms with Crippen LogP contribution in [-0.2, 0) is 4.79 Å². The molecule has 2 heterocycles. The van der Waals surface area contributed by atoms with E-state index >= 15 is 0 Å². The minimum Gasteiger partial charge on any atom is -0.339 e. The second kappa shape index (κ2) is 7.31. The van der Waals surface area contributed by atoms with Crippen LogP contribution < -0.4 is 0 Å². The third-order valence-electron chi connectivity index (χ3n) is 4.20. The Kier molecular flexibility index (Phi) is 5.13. The summed E-state index contributed by atoms with van der Waals surface area (Å²) in [6, 6.07) is 6.39. The molecule has 25 heavy (non-hydrogen) atoms. The molecule has 1 aliphatic heterocycles. The zero-order chi connectivity index (χ0) is 18.0. The summed E-state index contributed by atoms with van der Waals surface area (Å²) in [5, 5.41) is 2.16. The number of carbonyl (C=O) groups is 2. The lowest BCUT2D eigenvalue weighted by Gasteiger charge is -2.35. The van der Waals surface area contributed by atoms with E-state index in [0.717, 1.165) is 0 Å². The molecule has 7 heteroatoms. The second-order valence-corrected chi connectivity index (χ2v) is 7.15. The van der Waals surface area contributed by atoms with Crippen molar-refractivity contribution >= 4 is 23.2 Å². The molecule has 0 atom stereocenters. The lowest BCUT2D eigenvalue weighted by molar-refractivity contribution is -0.135. The number of hydrogen-bond acceptors (Lipinski definition) is 4. The molecule has 0 radical (unpaired) electrons. The summed E-state index contributed by atoms with van der Waals surface area (Å²) in [6.07, 6.45) is 0. The van der Waals surface area contributed by atoms with Crippen molar-refractivity contribution in [1.29, 1.82) is 0 Å². The highest BCUT2D eigenvalue weighted by atomic mass is 32.1. The molecule has 1 fully saturated rings. The van der Waals surface area contributed by atoms with E-state index in [2.05, 4.69) is 4.98 Å². The zero-order valence-electron chi connectivity index (χ0n) is 14.2. The highest BCUT2D eigenvalue weighted by Crippen LogP contribution is 2.26. The van der Waals surface area contributed by atoms with Gasteiger partial charge < -0.3 is 9.80 Å². The van der Waals surface area contributed by atoms with Crippen molar-refractivity contribution in [2.45, 2.75) is 13.8 Å². The molecule has 0 unspecified atom stereocenters. The van der Waals surface area contributed by atoms with Crippen LogP contribution in [0.3, 0.4) is 0 Å². The normalized spacial score (nSPS) is 14.9. The van der Waals surface area contributed by atoms with Gasteiger partial charge in [0.15, 0.2) is 0 Å². The van der Waals surface area contributed by atoms with Crippen molar-refractivity contribution in [3.05, 3.63) is 41.2 Å². The van der Waals surface area contributed by atoms with Gasteiger partial charge in [-0.15, -0.1) is 11.3 Å². The third-order valence-corrected chi connectivity index (χ3v) is 5.08. The molecule has 1 aliphatic rings. The fourth-order valence-electron chi connectivity index (χ4n) is 2.79. The smallest absolute Gasteiger partial charge is 0.273 e. The van der Waals surface area contributed by atoms with Crippen molar-refractivity contribution in [3.8, 4) is 10.6 Å². The van der Waals surface area contributed by atoms with E-state index in [0.29, 0.717) is 42.4 Å². The maximum absolute atomic E-state index is 13.9. The predicted octanol–water partition coefficient (Wildman–Crippen LogP) is 2.89. The van der Waals surface area contributed by atoms with Crippen LogP contribution in [0.4, 0.5) is 4.39 Å². The fraction of sp³-hybridized carbons (Fsp3) is 0.389. The second-order valence-electron chi connectivity index (χ2n) is 6.29. The Morgan fingerprint density at radius 1 is 1.12 bits per heavy atom. The molecule has 3 rings (SSSR count). The van der Waals surface area contributed by atoms with E-state index in [9.17, 15) is 14.0 Å². The zero-order valence-corrected chi connectivity index (χ0v) is 15.1. The van der Waals surface area contributed by atoms with Gasteiger partial charge in [0, 0.05) is 43.0 Å². The molecule has 0 spiro atoms. The summed E-state index contributed by atoms with van der Waals surface area (Å²) in [5.41, 5.74) is 0.728. The first kappa shape index (κ1) is 17.5. The summed E-state index contributed by atoms with van der Waals surface area (Å²) in [6.45, 7) is 5.80. The van der Waals surface area contributed by atoms with Gasteiger partial charge in [0.05, 0.1) is 0 Å². The molecular formula is C18H20FN3O2S. The molecule has 0 aliphatic carbocycles. The van der Waals surface area contributed by atoms with Gasteiger partial charge in [-0.1, -0.05) is 26.0 Å². The average molecular weight is 361 g/mol. The molecule has 2 amide bonds. The molecule has 1 aromatic heterocycles. The van der Waals surface area contributed by atoms with Gasteiger partial charge in [0.25, 0.3) is 5.91 Å². The third kappa shape index (κ3) is 3.71. The number of benzene rings is 1. The summed E-state index contributed by atoms with van der Waals surface area (Å²) in [7, 11) is 0. The molecule has 5 nitrogen and oxygen atoms in total. The fourth-order valence-corrected chi connectivity index (χ4v) is 3.61. The van der Waals surface area contributed by atoms with E-state index < -0.39 is 0 Å². The maximum atomic E-state index is 13.9. The van der Waals surface area contributed by atoms with Crippen LogP contribution in [0.15, 0.2) is 29.6 Å². The number of thiazole rings is 1. The molecule has 2 aromatic rings. The van der Waals surface area contributed by atoms with Crippen LogP contribution >= 0.6 is 11.3 Å². The first-order chi connectivity index (χ1) is 12.0. The van der Waals surface area contributed by atoms with Gasteiger partial charge in [0.2, 0.25) is 5.91 Å². The number of aromatic nitrogens is 1. The standard InChI is InChI=1S/C18H20FN3O2S/c1-12(2)17(23)21-7-9-22(10-8-21)18(24)15-11-25-16(20-15)13-5-3-4-6-14(13)19/h3-6,11-12H,7-10H2,1-2H3. The van der Waals surface area contributed by atoms with Crippen LogP contribution in [0.1, 0.15) is 24.3 Å². The van der Waals surface area contributed by atoms with Crippen molar-refractivity contribution in [1.82, 2.24) is 14.8 Å². The largest absolute Gasteiger partial charge is 0.339 e. The van der Waals surface area contributed by atoms with Crippen molar-refractivity contribution < 1.29 is 14.0 Å². The molecule has 0 bridgehead atoms. The average Bonchev–Trinajstić information content (AvgIpc) is 3.10. The minimum absolute atomic E-state index is 0.0379. The van der Waals surface area contributed by atoms with Gasteiger partial charge >= 0.3 is 0 Å². The van der Waals surface area contributed by atoms with Gasteiger partial charge in [-0.05, 0) is 12.1 Å². The van der Waals surface area contributed by atoms with E-state index in [1.807, 2.05) is 13.8 Å². The quantitative estimate of drug-likeness (QED) is 0.845. The van der Waals surface area contributed by atoms with Crippen LogP contribution in [0.5, 0.6) is 0 Å². The van der Waals surface area contributed by atoms with E-state index in [1.165, 1.54) is 17.4 Å². The number of amides is 2. The topological polar surface area (TPSA) is 53.5 Å². The molecule has 132 valence electrons. The van der Waals surface area contributed by atoms with E-state index in [4.69, 9.17) is 0 Å². The van der Waals surface area contributed by atoms with E-state index in [1.54, 1.807) is 33.4 Å². The summed E-state index contributed by atoms with van der Waals surface area (Å²) < 4.78 is 13.9. The summed E-state index contributed by atoms with van der Waals surface area (Å²) >= 11 is 1.26. The Balaban J connectivity index is 1.67. The SMILES string of the molecule is CC(C)C(=O)N1CCN(C(=O)c2csc(-c3ccccc3F)n2)CC1. The molecular weight excluding hydrogens is 341 g/mol. The summed E-state index contributed by atoms with van der Waals surface area (Å²) in [4.78, 5) is 32.4. The van der Waals surface area contributed by atoms with Crippen LogP contribution in [-0.4, -0.2) is 52.8 Å². The van der Waals surface area contributed by atoms with E-state index in [-0.39, 0.29) is 23.5 Å². The first-order valence-corrected chi connectivity index (χ1v) is 9.14. The van der Waals surface area contributed by atoms with Gasteiger partial charge in [-0.2, -0.15) is 0 Å². The monoisotopic (exact) mass is 361 g/mol. The Hall–Kier alpha value is -2.28. The maximum Gasteiger partial charge on any atom is 0.273 e. The number of halogens is 1. The Morgan fingerprint density at radius 2 is 1.76 bits per heavy atom. The van der Waals surface area contributed by atoms with Crippen LogP contribution in [0.25, 0.3) is 10.6 Å². The van der Waals surface area contributed by atoms with Crippen molar-refractivity contribution in [3.63, 3.8) is 0 Å². The van der Waals surface area contributed by atoms with Gasteiger partial charge in [-0.3, -0.25) is 9.59 Å². The Bertz CT molecular complexity index is 782. The number of piperazine rings is 1. The minimum atomic E-state index is -0.350. The number of nitrogens with zero attached hydrogens (tertiary/aromatic N) is 3. The highest BCUT2D eigenvalue weighted by Gasteiger charge is 2.27. The molecule has 0 N–H and O–H groups in total. The highest BCUT2D eigenvalue weighted by molar-refractivity contribution is 7.13. The van der Waals surface area contributed by atoms with Crippen molar-refractivity contribution in [2.75, 3.05) is 26.2 Å². The Labute approximate surface area is 150 Å². The predicted molar refractivity (Wildman–Crippen MR) is 94.8 cm³/mol. The van der Waals surface area contributed by atoms with Gasteiger partial charge in [-0.25, -0.2) is 9.37 Å². The number of hydrogen-bond donors (Lipinski definition) is 0. The van der Waals surface area contributed by atoms with Crippen LogP contribution in [0, 0.1) is 11.7 Å².